The number of carbonyl (C=O) groups excluding carboxylic acids is 2. The zero-order valence-electron chi connectivity index (χ0n) is 12.3. The molecule has 2 bridgehead atoms. The smallest absolute Gasteiger partial charge is 0.238 e. The third-order valence-electron chi connectivity index (χ3n) is 5.41. The lowest BCUT2D eigenvalue weighted by atomic mass is 9.81. The summed E-state index contributed by atoms with van der Waals surface area (Å²) in [4.78, 5) is 27.2. The van der Waals surface area contributed by atoms with Crippen molar-refractivity contribution in [1.29, 1.82) is 0 Å². The first-order valence-corrected chi connectivity index (χ1v) is 10.9. The molecule has 3 fully saturated rings. The van der Waals surface area contributed by atoms with Crippen molar-refractivity contribution >= 4 is 59.4 Å². The summed E-state index contributed by atoms with van der Waals surface area (Å²) in [5.41, 5.74) is 0.392. The molecule has 2 amide bonds. The molecular weight excluding hydrogens is 464 g/mol. The number of anilines is 1. The highest BCUT2D eigenvalue weighted by molar-refractivity contribution is 9.12. The molecule has 4 rings (SSSR count). The molecule has 0 aromatic heterocycles. The van der Waals surface area contributed by atoms with E-state index in [2.05, 4.69) is 31.9 Å². The van der Waals surface area contributed by atoms with Gasteiger partial charge in [0.15, 0.2) is 0 Å². The van der Waals surface area contributed by atoms with Crippen LogP contribution in [-0.4, -0.2) is 29.9 Å². The molecule has 2 N–H and O–H groups in total. The van der Waals surface area contributed by atoms with Crippen molar-refractivity contribution in [3.8, 4) is 0 Å². The number of sulfonamides is 1. The van der Waals surface area contributed by atoms with Gasteiger partial charge in [-0.25, -0.2) is 13.6 Å². The van der Waals surface area contributed by atoms with Gasteiger partial charge in [0, 0.05) is 9.65 Å². The summed E-state index contributed by atoms with van der Waals surface area (Å²) in [6.07, 6.45) is 0.872. The molecule has 6 atom stereocenters. The Bertz CT molecular complexity index is 810. The van der Waals surface area contributed by atoms with Gasteiger partial charge in [-0.2, -0.15) is 0 Å². The van der Waals surface area contributed by atoms with Gasteiger partial charge < -0.3 is 0 Å². The van der Waals surface area contributed by atoms with Crippen LogP contribution in [0.2, 0.25) is 0 Å². The number of rotatable bonds is 2. The van der Waals surface area contributed by atoms with E-state index in [1.54, 1.807) is 0 Å². The molecule has 0 unspecified atom stereocenters. The van der Waals surface area contributed by atoms with Crippen molar-refractivity contribution in [1.82, 2.24) is 0 Å². The van der Waals surface area contributed by atoms with Crippen LogP contribution in [0.4, 0.5) is 5.69 Å². The van der Waals surface area contributed by atoms with E-state index in [0.717, 1.165) is 6.42 Å². The minimum Gasteiger partial charge on any atom is -0.274 e. The predicted molar refractivity (Wildman–Crippen MR) is 94.3 cm³/mol. The first kappa shape index (κ1) is 16.7. The number of carbonyl (C=O) groups is 2. The summed E-state index contributed by atoms with van der Waals surface area (Å²) in [6, 6.07) is 5.54. The van der Waals surface area contributed by atoms with Crippen molar-refractivity contribution in [3.63, 3.8) is 0 Å². The number of nitrogens with zero attached hydrogens (tertiary/aromatic N) is 1. The first-order valence-electron chi connectivity index (χ1n) is 7.50. The number of alkyl halides is 2. The van der Waals surface area contributed by atoms with E-state index in [9.17, 15) is 18.0 Å². The first-order chi connectivity index (χ1) is 11.2. The van der Waals surface area contributed by atoms with E-state index in [4.69, 9.17) is 5.14 Å². The van der Waals surface area contributed by atoms with Crippen molar-refractivity contribution < 1.29 is 18.0 Å². The quantitative estimate of drug-likeness (QED) is 0.516. The van der Waals surface area contributed by atoms with E-state index in [0.29, 0.717) is 5.69 Å². The molecule has 1 heterocycles. The molecule has 1 aromatic carbocycles. The van der Waals surface area contributed by atoms with Gasteiger partial charge in [0.1, 0.15) is 0 Å². The summed E-state index contributed by atoms with van der Waals surface area (Å²) < 4.78 is 22.7. The van der Waals surface area contributed by atoms with E-state index >= 15 is 0 Å². The maximum Gasteiger partial charge on any atom is 0.238 e. The number of halogens is 2. The van der Waals surface area contributed by atoms with E-state index in [1.807, 2.05) is 0 Å². The van der Waals surface area contributed by atoms with Crippen LogP contribution in [0.5, 0.6) is 0 Å². The lowest BCUT2D eigenvalue weighted by molar-refractivity contribution is -0.123. The summed E-state index contributed by atoms with van der Waals surface area (Å²) in [5, 5.41) is 5.08. The molecule has 24 heavy (non-hydrogen) atoms. The normalized spacial score (nSPS) is 38.0. The second-order valence-electron chi connectivity index (χ2n) is 6.55. The molecule has 2 aliphatic carbocycles. The lowest BCUT2D eigenvalue weighted by Gasteiger charge is -2.28. The second kappa shape index (κ2) is 5.36. The van der Waals surface area contributed by atoms with Crippen LogP contribution in [0.15, 0.2) is 29.2 Å². The molecule has 1 aliphatic heterocycles. The highest BCUT2D eigenvalue weighted by Gasteiger charge is 2.66. The molecule has 0 radical (unpaired) electrons. The molecule has 3 aliphatic rings. The summed E-state index contributed by atoms with van der Waals surface area (Å²) in [7, 11) is -3.81. The fourth-order valence-corrected chi connectivity index (χ4v) is 6.78. The van der Waals surface area contributed by atoms with Crippen molar-refractivity contribution in [2.75, 3.05) is 4.90 Å². The van der Waals surface area contributed by atoms with Crippen LogP contribution in [0.1, 0.15) is 6.42 Å². The predicted octanol–water partition coefficient (Wildman–Crippen LogP) is 1.62. The Morgan fingerprint density at radius 3 is 1.83 bits per heavy atom. The third kappa shape index (κ3) is 2.17. The van der Waals surface area contributed by atoms with Crippen molar-refractivity contribution in [2.24, 2.45) is 28.8 Å². The van der Waals surface area contributed by atoms with Gasteiger partial charge in [-0.3, -0.25) is 14.5 Å². The highest BCUT2D eigenvalue weighted by atomic mass is 79.9. The molecular formula is C15H14Br2N2O4S. The number of imide groups is 1. The maximum atomic E-state index is 12.8. The van der Waals surface area contributed by atoms with Crippen molar-refractivity contribution in [3.05, 3.63) is 24.3 Å². The number of fused-ring (bicyclic) bond motifs is 5. The largest absolute Gasteiger partial charge is 0.274 e. The number of hydrogen-bond acceptors (Lipinski definition) is 4. The van der Waals surface area contributed by atoms with Gasteiger partial charge >= 0.3 is 0 Å². The molecule has 2 saturated carbocycles. The van der Waals surface area contributed by atoms with Crippen LogP contribution in [-0.2, 0) is 19.6 Å². The molecule has 1 saturated heterocycles. The van der Waals surface area contributed by atoms with Crippen LogP contribution in [0.3, 0.4) is 0 Å². The average Bonchev–Trinajstić information content (AvgIpc) is 3.12. The minimum absolute atomic E-state index is 0.0494. The zero-order chi connectivity index (χ0) is 17.4. The van der Waals surface area contributed by atoms with Gasteiger partial charge in [-0.15, -0.1) is 0 Å². The maximum absolute atomic E-state index is 12.8. The van der Waals surface area contributed by atoms with Gasteiger partial charge in [-0.05, 0) is 42.5 Å². The fourth-order valence-electron chi connectivity index (χ4n) is 4.39. The average molecular weight is 478 g/mol. The van der Waals surface area contributed by atoms with Gasteiger partial charge in [0.25, 0.3) is 0 Å². The van der Waals surface area contributed by atoms with Gasteiger partial charge in [-0.1, -0.05) is 31.9 Å². The molecule has 9 heteroatoms. The third-order valence-corrected chi connectivity index (χ3v) is 9.55. The monoisotopic (exact) mass is 476 g/mol. The number of primary sulfonamides is 1. The zero-order valence-corrected chi connectivity index (χ0v) is 16.3. The van der Waals surface area contributed by atoms with Crippen LogP contribution in [0.25, 0.3) is 0 Å². The highest BCUT2D eigenvalue weighted by Crippen LogP contribution is 2.60. The van der Waals surface area contributed by atoms with Crippen molar-refractivity contribution in [2.45, 2.75) is 21.0 Å². The Morgan fingerprint density at radius 2 is 1.42 bits per heavy atom. The van der Waals surface area contributed by atoms with Crippen LogP contribution in [0, 0.1) is 23.7 Å². The number of benzene rings is 1. The molecule has 6 nitrogen and oxygen atoms in total. The summed E-state index contributed by atoms with van der Waals surface area (Å²) in [6.45, 7) is 0. The minimum atomic E-state index is -3.81. The Balaban J connectivity index is 1.69. The Hall–Kier alpha value is -0.770. The fraction of sp³-hybridized carbons (Fsp3) is 0.467. The molecule has 128 valence electrons. The summed E-state index contributed by atoms with van der Waals surface area (Å²) >= 11 is 7.29. The van der Waals surface area contributed by atoms with Crippen LogP contribution < -0.4 is 10.0 Å². The van der Waals surface area contributed by atoms with E-state index < -0.39 is 10.0 Å². The SMILES string of the molecule is NS(=O)(=O)c1ccc(N2C(=O)[C@@H]3[C@H]4C[C@@H]([C@H](Br)[C@@H]4Br)[C@@H]3C2=O)cc1. The number of amides is 2. The van der Waals surface area contributed by atoms with E-state index in [-0.39, 0.29) is 50.0 Å². The molecule has 1 aromatic rings. The van der Waals surface area contributed by atoms with Gasteiger partial charge in [0.2, 0.25) is 21.8 Å². The second-order valence-corrected chi connectivity index (χ2v) is 10.2. The Labute approximate surface area is 156 Å². The standard InChI is InChI=1S/C15H14Br2N2O4S/c16-12-8-5-9(13(12)17)11-10(8)14(20)19(15(11)21)6-1-3-7(4-2-6)24(18,22)23/h1-4,8-13H,5H2,(H2,18,22,23)/t8-,9-,10-,11+,12-,13+/m1/s1. The number of hydrogen-bond donors (Lipinski definition) is 1. The summed E-state index contributed by atoms with van der Waals surface area (Å²) in [5.74, 6) is -0.671. The topological polar surface area (TPSA) is 97.5 Å². The Morgan fingerprint density at radius 1 is 0.958 bits per heavy atom. The van der Waals surface area contributed by atoms with Gasteiger partial charge in [0.05, 0.1) is 22.4 Å². The molecule has 0 spiro atoms. The Kier molecular flexibility index (Phi) is 3.73. The van der Waals surface area contributed by atoms with Crippen LogP contribution >= 0.6 is 31.9 Å². The lowest BCUT2D eigenvalue weighted by Crippen LogP contribution is -2.37. The number of nitrogens with two attached hydrogens (primary N) is 1. The van der Waals surface area contributed by atoms with E-state index in [1.165, 1.54) is 29.2 Å².